The molecule has 0 aliphatic heterocycles. The molecule has 1 nitrogen and oxygen atoms in total. The van der Waals surface area contributed by atoms with Crippen LogP contribution in [0.4, 0.5) is 0 Å². The maximum absolute atomic E-state index is 5.96. The van der Waals surface area contributed by atoms with Crippen LogP contribution in [-0.4, -0.2) is 0 Å². The fourth-order valence-electron chi connectivity index (χ4n) is 2.94. The van der Waals surface area contributed by atoms with Crippen LogP contribution in [0.15, 0.2) is 78.9 Å². The smallest absolute Gasteiger partial charge is 0.119 e. The molecule has 0 aliphatic carbocycles. The predicted molar refractivity (Wildman–Crippen MR) is 138 cm³/mol. The highest BCUT2D eigenvalue weighted by molar-refractivity contribution is 5.63. The SMILES string of the molecule is CC.CC(c1ccc(OCc2ccc(-c3ccccc3)cc2)cc1)C(C)(C)C.CCC. The van der Waals surface area contributed by atoms with E-state index in [1.807, 2.05) is 19.9 Å². The first-order valence-electron chi connectivity index (χ1n) is 11.7. The zero-order valence-electron chi connectivity index (χ0n) is 20.9. The van der Waals surface area contributed by atoms with Gasteiger partial charge in [0.25, 0.3) is 0 Å². The van der Waals surface area contributed by atoms with E-state index >= 15 is 0 Å². The Morgan fingerprint density at radius 3 is 1.68 bits per heavy atom. The van der Waals surface area contributed by atoms with Gasteiger partial charge in [-0.1, -0.05) is 129 Å². The average molecular weight is 419 g/mol. The minimum Gasteiger partial charge on any atom is -0.489 e. The summed E-state index contributed by atoms with van der Waals surface area (Å²) in [5.41, 5.74) is 5.27. The van der Waals surface area contributed by atoms with Gasteiger partial charge in [-0.3, -0.25) is 0 Å². The molecule has 0 aromatic heterocycles. The Labute approximate surface area is 191 Å². The third kappa shape index (κ3) is 9.00. The van der Waals surface area contributed by atoms with Gasteiger partial charge in [-0.25, -0.2) is 0 Å². The fourth-order valence-corrected chi connectivity index (χ4v) is 2.94. The number of rotatable bonds is 5. The summed E-state index contributed by atoms with van der Waals surface area (Å²) in [5, 5.41) is 0. The molecule has 0 amide bonds. The number of hydrogen-bond donors (Lipinski definition) is 0. The van der Waals surface area contributed by atoms with Gasteiger partial charge in [0.15, 0.2) is 0 Å². The lowest BCUT2D eigenvalue weighted by Gasteiger charge is -2.27. The summed E-state index contributed by atoms with van der Waals surface area (Å²) in [6, 6.07) is 27.5. The molecule has 0 saturated heterocycles. The molecule has 1 unspecified atom stereocenters. The third-order valence-corrected chi connectivity index (χ3v) is 5.15. The molecular weight excluding hydrogens is 376 g/mol. The van der Waals surface area contributed by atoms with Crippen LogP contribution >= 0.6 is 0 Å². The van der Waals surface area contributed by atoms with Gasteiger partial charge in [0, 0.05) is 0 Å². The normalized spacial score (nSPS) is 11.4. The van der Waals surface area contributed by atoms with E-state index in [2.05, 4.69) is 114 Å². The first-order valence-corrected chi connectivity index (χ1v) is 11.7. The van der Waals surface area contributed by atoms with E-state index in [0.717, 1.165) is 5.75 Å². The second-order valence-electron chi connectivity index (χ2n) is 8.72. The van der Waals surface area contributed by atoms with Crippen molar-refractivity contribution in [3.05, 3.63) is 90.0 Å². The highest BCUT2D eigenvalue weighted by atomic mass is 16.5. The van der Waals surface area contributed by atoms with Crippen LogP contribution in [0.25, 0.3) is 11.1 Å². The Hall–Kier alpha value is -2.54. The van der Waals surface area contributed by atoms with Crippen molar-refractivity contribution < 1.29 is 4.74 Å². The summed E-state index contributed by atoms with van der Waals surface area (Å²) in [4.78, 5) is 0. The minimum atomic E-state index is 0.267. The summed E-state index contributed by atoms with van der Waals surface area (Å²) >= 11 is 0. The average Bonchev–Trinajstić information content (AvgIpc) is 2.80. The largest absolute Gasteiger partial charge is 0.489 e. The van der Waals surface area contributed by atoms with Gasteiger partial charge in [0.2, 0.25) is 0 Å². The Balaban J connectivity index is 0.000000884. The topological polar surface area (TPSA) is 9.23 Å². The van der Waals surface area contributed by atoms with E-state index in [4.69, 9.17) is 4.74 Å². The molecule has 0 N–H and O–H groups in total. The van der Waals surface area contributed by atoms with Crippen LogP contribution in [0.3, 0.4) is 0 Å². The van der Waals surface area contributed by atoms with Crippen molar-refractivity contribution in [2.24, 2.45) is 5.41 Å². The highest BCUT2D eigenvalue weighted by Crippen LogP contribution is 2.35. The van der Waals surface area contributed by atoms with Crippen LogP contribution in [0.2, 0.25) is 0 Å². The van der Waals surface area contributed by atoms with Gasteiger partial charge in [-0.15, -0.1) is 0 Å². The van der Waals surface area contributed by atoms with Crippen molar-refractivity contribution in [1.29, 1.82) is 0 Å². The molecule has 31 heavy (non-hydrogen) atoms. The van der Waals surface area contributed by atoms with Crippen LogP contribution in [0.1, 0.15) is 78.9 Å². The van der Waals surface area contributed by atoms with Crippen molar-refractivity contribution in [3.8, 4) is 16.9 Å². The number of benzene rings is 3. The standard InChI is InChI=1S/C25H28O.C3H8.C2H6/c1-19(25(2,3)4)21-14-16-24(17-15-21)26-18-20-10-12-23(13-11-20)22-8-6-5-7-9-22;1-3-2;1-2/h5-17,19H,18H2,1-4H3;3H2,1-2H3;1-2H3. The first kappa shape index (κ1) is 26.5. The summed E-state index contributed by atoms with van der Waals surface area (Å²) in [7, 11) is 0. The van der Waals surface area contributed by atoms with Gasteiger partial charge in [-0.2, -0.15) is 0 Å². The molecule has 0 saturated carbocycles. The van der Waals surface area contributed by atoms with Gasteiger partial charge >= 0.3 is 0 Å². The molecule has 0 bridgehead atoms. The Morgan fingerprint density at radius 1 is 0.710 bits per heavy atom. The van der Waals surface area contributed by atoms with Gasteiger partial charge < -0.3 is 4.74 Å². The van der Waals surface area contributed by atoms with Gasteiger partial charge in [0.05, 0.1) is 0 Å². The summed E-state index contributed by atoms with van der Waals surface area (Å²) in [6.45, 7) is 18.0. The van der Waals surface area contributed by atoms with E-state index in [1.165, 1.54) is 28.7 Å². The molecule has 0 fully saturated rings. The fraction of sp³-hybridized carbons (Fsp3) is 0.400. The molecule has 0 radical (unpaired) electrons. The lowest BCUT2D eigenvalue weighted by Crippen LogP contribution is -2.15. The molecule has 0 heterocycles. The molecule has 3 aromatic carbocycles. The molecule has 0 spiro atoms. The summed E-state index contributed by atoms with van der Waals surface area (Å²) in [6.07, 6.45) is 1.25. The maximum atomic E-state index is 5.96. The van der Waals surface area contributed by atoms with Crippen molar-refractivity contribution in [1.82, 2.24) is 0 Å². The Morgan fingerprint density at radius 2 is 1.19 bits per heavy atom. The quantitative estimate of drug-likeness (QED) is 0.401. The highest BCUT2D eigenvalue weighted by Gasteiger charge is 2.21. The van der Waals surface area contributed by atoms with Crippen LogP contribution in [0, 0.1) is 5.41 Å². The second kappa shape index (κ2) is 13.7. The molecule has 0 aliphatic rings. The maximum Gasteiger partial charge on any atom is 0.119 e. The summed E-state index contributed by atoms with van der Waals surface area (Å²) < 4.78 is 5.96. The monoisotopic (exact) mass is 418 g/mol. The van der Waals surface area contributed by atoms with Crippen LogP contribution < -0.4 is 4.74 Å². The van der Waals surface area contributed by atoms with Crippen molar-refractivity contribution in [2.75, 3.05) is 0 Å². The van der Waals surface area contributed by atoms with Crippen LogP contribution in [-0.2, 0) is 6.61 Å². The zero-order chi connectivity index (χ0) is 23.3. The predicted octanol–water partition coefficient (Wildman–Crippen LogP) is 9.52. The lowest BCUT2D eigenvalue weighted by molar-refractivity contribution is 0.305. The molecule has 168 valence electrons. The Kier molecular flexibility index (Phi) is 11.7. The van der Waals surface area contributed by atoms with E-state index in [-0.39, 0.29) is 5.41 Å². The number of hydrogen-bond acceptors (Lipinski definition) is 1. The van der Waals surface area contributed by atoms with E-state index < -0.39 is 0 Å². The van der Waals surface area contributed by atoms with Crippen LogP contribution in [0.5, 0.6) is 5.75 Å². The molecule has 1 atom stereocenters. The molecular formula is C30H42O. The van der Waals surface area contributed by atoms with Gasteiger partial charge in [-0.05, 0) is 45.7 Å². The van der Waals surface area contributed by atoms with Crippen molar-refractivity contribution >= 4 is 0 Å². The van der Waals surface area contributed by atoms with E-state index in [1.54, 1.807) is 0 Å². The third-order valence-electron chi connectivity index (χ3n) is 5.15. The summed E-state index contributed by atoms with van der Waals surface area (Å²) in [5.74, 6) is 1.43. The first-order chi connectivity index (χ1) is 14.8. The molecule has 3 aromatic rings. The minimum absolute atomic E-state index is 0.267. The van der Waals surface area contributed by atoms with Crippen molar-refractivity contribution in [2.45, 2.75) is 74.3 Å². The molecule has 1 heteroatoms. The second-order valence-corrected chi connectivity index (χ2v) is 8.72. The van der Waals surface area contributed by atoms with Crippen molar-refractivity contribution in [3.63, 3.8) is 0 Å². The van der Waals surface area contributed by atoms with E-state index in [9.17, 15) is 0 Å². The Bertz CT molecular complexity index is 824. The number of ether oxygens (including phenoxy) is 1. The van der Waals surface area contributed by atoms with E-state index in [0.29, 0.717) is 12.5 Å². The molecule has 3 rings (SSSR count). The zero-order valence-corrected chi connectivity index (χ0v) is 20.9. The van der Waals surface area contributed by atoms with Gasteiger partial charge in [0.1, 0.15) is 12.4 Å². The lowest BCUT2D eigenvalue weighted by atomic mass is 9.78.